The van der Waals surface area contributed by atoms with Gasteiger partial charge >= 0.3 is 0 Å². The Balaban J connectivity index is 1.46. The van der Waals surface area contributed by atoms with Crippen LogP contribution in [0.3, 0.4) is 0 Å². The molecule has 6 rings (SSSR count). The summed E-state index contributed by atoms with van der Waals surface area (Å²) < 4.78 is 6.05. The van der Waals surface area contributed by atoms with Crippen LogP contribution in [-0.2, 0) is 6.54 Å². The second kappa shape index (κ2) is 10.3. The van der Waals surface area contributed by atoms with E-state index in [2.05, 4.69) is 60.4 Å². The van der Waals surface area contributed by atoms with Gasteiger partial charge in [0.15, 0.2) is 0 Å². The van der Waals surface area contributed by atoms with E-state index in [1.807, 2.05) is 89.8 Å². The van der Waals surface area contributed by atoms with Crippen molar-refractivity contribution in [2.75, 3.05) is 9.80 Å². The number of carbonyl (C=O) groups is 1. The number of fused-ring (bicyclic) bond motifs is 1. The van der Waals surface area contributed by atoms with E-state index in [9.17, 15) is 4.79 Å². The molecule has 5 aromatic carbocycles. The predicted octanol–water partition coefficient (Wildman–Crippen LogP) is 8.15. The van der Waals surface area contributed by atoms with E-state index >= 15 is 0 Å². The first-order valence-corrected chi connectivity index (χ1v) is 12.8. The lowest BCUT2D eigenvalue weighted by Gasteiger charge is -2.46. The highest BCUT2D eigenvalue weighted by molar-refractivity contribution is 6.12. The molecule has 0 radical (unpaired) electrons. The number of carbonyl (C=O) groups excluding carboxylic acids is 1. The molecule has 0 fully saturated rings. The molecule has 1 aliphatic heterocycles. The molecule has 4 heteroatoms. The summed E-state index contributed by atoms with van der Waals surface area (Å²) in [5.41, 5.74) is 5.82. The second-order valence-corrected chi connectivity index (χ2v) is 9.50. The molecule has 0 saturated heterocycles. The molecule has 38 heavy (non-hydrogen) atoms. The summed E-state index contributed by atoms with van der Waals surface area (Å²) in [5, 5.41) is 0. The molecule has 0 spiro atoms. The Morgan fingerprint density at radius 1 is 0.658 bits per heavy atom. The number of benzene rings is 5. The molecular formula is C34H28N2O2. The van der Waals surface area contributed by atoms with Crippen molar-refractivity contribution in [3.05, 3.63) is 156 Å². The van der Waals surface area contributed by atoms with Gasteiger partial charge in [0, 0.05) is 12.2 Å². The van der Waals surface area contributed by atoms with E-state index in [4.69, 9.17) is 4.74 Å². The molecule has 0 N–H and O–H groups in total. The highest BCUT2D eigenvalue weighted by Crippen LogP contribution is 2.42. The van der Waals surface area contributed by atoms with Crippen molar-refractivity contribution in [1.29, 1.82) is 0 Å². The Bertz CT molecular complexity index is 1530. The fourth-order valence-electron chi connectivity index (χ4n) is 4.99. The first-order valence-electron chi connectivity index (χ1n) is 12.8. The maximum atomic E-state index is 14.1. The highest BCUT2D eigenvalue weighted by Gasteiger charge is 2.39. The number of ether oxygens (including phenoxy) is 1. The van der Waals surface area contributed by atoms with Crippen LogP contribution in [0.5, 0.6) is 11.5 Å². The molecule has 1 amide bonds. The average molecular weight is 497 g/mol. The van der Waals surface area contributed by atoms with Crippen molar-refractivity contribution in [3.63, 3.8) is 0 Å². The average Bonchev–Trinajstić information content (AvgIpc) is 2.97. The monoisotopic (exact) mass is 496 g/mol. The third-order valence-corrected chi connectivity index (χ3v) is 6.87. The molecule has 5 aromatic rings. The van der Waals surface area contributed by atoms with Crippen molar-refractivity contribution in [1.82, 2.24) is 0 Å². The Morgan fingerprint density at radius 2 is 1.26 bits per heavy atom. The summed E-state index contributed by atoms with van der Waals surface area (Å²) in [5.74, 6) is 1.52. The lowest BCUT2D eigenvalue weighted by molar-refractivity contribution is 0.0968. The number of anilines is 2. The van der Waals surface area contributed by atoms with Crippen molar-refractivity contribution < 1.29 is 9.53 Å². The smallest absolute Gasteiger partial charge is 0.262 e. The van der Waals surface area contributed by atoms with E-state index in [0.717, 1.165) is 34.0 Å². The summed E-state index contributed by atoms with van der Waals surface area (Å²) >= 11 is 0. The van der Waals surface area contributed by atoms with Crippen LogP contribution >= 0.6 is 0 Å². The summed E-state index contributed by atoms with van der Waals surface area (Å²) in [6.45, 7) is 2.71. The molecule has 186 valence electrons. The van der Waals surface area contributed by atoms with Gasteiger partial charge in [-0.05, 0) is 66.6 Å². The van der Waals surface area contributed by atoms with Crippen LogP contribution in [0, 0.1) is 6.92 Å². The fourth-order valence-corrected chi connectivity index (χ4v) is 4.99. The SMILES string of the molecule is Cc1ccc(N2C(=O)c3ccccc3N(Cc3ccccc3)[C@@H]2c2ccc(Oc3ccccc3)cc2)cc1. The number of nitrogens with zero attached hydrogens (tertiary/aromatic N) is 2. The normalized spacial score (nSPS) is 14.8. The van der Waals surface area contributed by atoms with Crippen molar-refractivity contribution in [3.8, 4) is 11.5 Å². The largest absolute Gasteiger partial charge is 0.457 e. The zero-order valence-electron chi connectivity index (χ0n) is 21.2. The standard InChI is InChI=1S/C34H28N2O2/c1-25-16-20-28(21-17-25)36-33(27-18-22-30(23-19-27)38-29-12-6-3-7-13-29)35(24-26-10-4-2-5-11-26)32-15-9-8-14-31(32)34(36)37/h2-23,33H,24H2,1H3/t33-/m0/s1. The van der Waals surface area contributed by atoms with E-state index in [0.29, 0.717) is 12.1 Å². The summed E-state index contributed by atoms with van der Waals surface area (Å²) in [4.78, 5) is 18.3. The maximum absolute atomic E-state index is 14.1. The van der Waals surface area contributed by atoms with Gasteiger partial charge in [0.25, 0.3) is 5.91 Å². The van der Waals surface area contributed by atoms with Gasteiger partial charge in [-0.25, -0.2) is 0 Å². The predicted molar refractivity (Wildman–Crippen MR) is 153 cm³/mol. The molecule has 1 atom stereocenters. The molecule has 0 saturated carbocycles. The fraction of sp³-hybridized carbons (Fsp3) is 0.0882. The maximum Gasteiger partial charge on any atom is 0.262 e. The van der Waals surface area contributed by atoms with Crippen molar-refractivity contribution in [2.24, 2.45) is 0 Å². The lowest BCUT2D eigenvalue weighted by Crippen LogP contribution is -2.49. The van der Waals surface area contributed by atoms with E-state index in [1.54, 1.807) is 0 Å². The quantitative estimate of drug-likeness (QED) is 0.238. The van der Waals surface area contributed by atoms with E-state index in [-0.39, 0.29) is 12.1 Å². The molecule has 1 aliphatic rings. The van der Waals surface area contributed by atoms with Gasteiger partial charge in [0.2, 0.25) is 0 Å². The molecule has 0 bridgehead atoms. The topological polar surface area (TPSA) is 32.8 Å². The number of hydrogen-bond acceptors (Lipinski definition) is 3. The second-order valence-electron chi connectivity index (χ2n) is 9.50. The van der Waals surface area contributed by atoms with Crippen LogP contribution in [-0.4, -0.2) is 5.91 Å². The third-order valence-electron chi connectivity index (χ3n) is 6.87. The minimum Gasteiger partial charge on any atom is -0.457 e. The Morgan fingerprint density at radius 3 is 1.97 bits per heavy atom. The van der Waals surface area contributed by atoms with Gasteiger partial charge in [0.1, 0.15) is 17.7 Å². The Kier molecular flexibility index (Phi) is 6.37. The molecule has 0 unspecified atom stereocenters. The van der Waals surface area contributed by atoms with Crippen LogP contribution in [0.15, 0.2) is 133 Å². The molecule has 0 aliphatic carbocycles. The third kappa shape index (κ3) is 4.64. The van der Waals surface area contributed by atoms with Gasteiger partial charge in [-0.2, -0.15) is 0 Å². The lowest BCUT2D eigenvalue weighted by atomic mass is 9.99. The van der Waals surface area contributed by atoms with Gasteiger partial charge in [-0.3, -0.25) is 9.69 Å². The molecule has 1 heterocycles. The Labute approximate surface area is 223 Å². The van der Waals surface area contributed by atoms with Crippen LogP contribution in [0.1, 0.15) is 33.2 Å². The minimum absolute atomic E-state index is 0.0108. The number of aryl methyl sites for hydroxylation is 1. The number of rotatable bonds is 6. The summed E-state index contributed by atoms with van der Waals surface area (Å²) in [6, 6.07) is 44.3. The number of para-hydroxylation sites is 2. The van der Waals surface area contributed by atoms with Gasteiger partial charge in [-0.15, -0.1) is 0 Å². The number of amides is 1. The van der Waals surface area contributed by atoms with Gasteiger partial charge < -0.3 is 9.64 Å². The van der Waals surface area contributed by atoms with Crippen LogP contribution in [0.2, 0.25) is 0 Å². The first kappa shape index (κ1) is 23.6. The summed E-state index contributed by atoms with van der Waals surface area (Å²) in [6.07, 6.45) is -0.342. The first-order chi connectivity index (χ1) is 18.7. The minimum atomic E-state index is -0.342. The van der Waals surface area contributed by atoms with Gasteiger partial charge in [0.05, 0.1) is 11.3 Å². The van der Waals surface area contributed by atoms with E-state index in [1.165, 1.54) is 5.56 Å². The van der Waals surface area contributed by atoms with Crippen molar-refractivity contribution in [2.45, 2.75) is 19.6 Å². The van der Waals surface area contributed by atoms with Crippen molar-refractivity contribution >= 4 is 17.3 Å². The Hall–Kier alpha value is -4.83. The number of hydrogen-bond donors (Lipinski definition) is 0. The van der Waals surface area contributed by atoms with E-state index < -0.39 is 0 Å². The molecule has 0 aromatic heterocycles. The zero-order chi connectivity index (χ0) is 25.9. The van der Waals surface area contributed by atoms with Crippen LogP contribution in [0.4, 0.5) is 11.4 Å². The highest BCUT2D eigenvalue weighted by atomic mass is 16.5. The van der Waals surface area contributed by atoms with Crippen LogP contribution in [0.25, 0.3) is 0 Å². The summed E-state index contributed by atoms with van der Waals surface area (Å²) in [7, 11) is 0. The van der Waals surface area contributed by atoms with Crippen LogP contribution < -0.4 is 14.5 Å². The zero-order valence-corrected chi connectivity index (χ0v) is 21.2. The molecule has 4 nitrogen and oxygen atoms in total. The van der Waals surface area contributed by atoms with Gasteiger partial charge in [-0.1, -0.05) is 90.5 Å². The molecular weight excluding hydrogens is 468 g/mol.